The lowest BCUT2D eigenvalue weighted by molar-refractivity contribution is -0.121. The summed E-state index contributed by atoms with van der Waals surface area (Å²) in [6, 6.07) is 14.0. The molecule has 1 aromatic carbocycles. The van der Waals surface area contributed by atoms with Gasteiger partial charge in [-0.3, -0.25) is 4.79 Å². The molecular weight excluding hydrogens is 314 g/mol. The standard InChI is InChI=1S/C20H21N3O2/c1-2-11-25-17-8-4-3-7-14(17)15-12-19(24)21-13-16-20(15)23-10-6-5-9-18(23)22-16/h3-10,15H,2,11-13H2,1H3,(H,21,24). The fourth-order valence-electron chi connectivity index (χ4n) is 3.47. The van der Waals surface area contributed by atoms with Crippen LogP contribution in [0.3, 0.4) is 0 Å². The van der Waals surface area contributed by atoms with E-state index < -0.39 is 0 Å². The highest BCUT2D eigenvalue weighted by Gasteiger charge is 2.30. The van der Waals surface area contributed by atoms with Crippen LogP contribution in [0.25, 0.3) is 5.65 Å². The number of ether oxygens (including phenoxy) is 1. The fourth-order valence-corrected chi connectivity index (χ4v) is 3.47. The number of pyridine rings is 1. The zero-order valence-electron chi connectivity index (χ0n) is 14.2. The Balaban J connectivity index is 1.88. The molecule has 1 atom stereocenters. The number of fused-ring (bicyclic) bond motifs is 3. The number of hydrogen-bond acceptors (Lipinski definition) is 3. The molecule has 1 N–H and O–H groups in total. The van der Waals surface area contributed by atoms with E-state index in [-0.39, 0.29) is 11.8 Å². The number of rotatable bonds is 4. The first kappa shape index (κ1) is 15.7. The van der Waals surface area contributed by atoms with Crippen molar-refractivity contribution < 1.29 is 9.53 Å². The Hall–Kier alpha value is -2.82. The van der Waals surface area contributed by atoms with Crippen LogP contribution in [-0.4, -0.2) is 21.9 Å². The van der Waals surface area contributed by atoms with E-state index in [0.29, 0.717) is 19.6 Å². The van der Waals surface area contributed by atoms with Crippen molar-refractivity contribution in [2.75, 3.05) is 6.61 Å². The molecule has 3 aromatic rings. The summed E-state index contributed by atoms with van der Waals surface area (Å²) in [6.45, 7) is 3.21. The summed E-state index contributed by atoms with van der Waals surface area (Å²) in [5.74, 6) is 0.807. The Bertz CT molecular complexity index is 916. The summed E-state index contributed by atoms with van der Waals surface area (Å²) >= 11 is 0. The number of imidazole rings is 1. The van der Waals surface area contributed by atoms with Crippen LogP contribution in [0.1, 0.15) is 42.6 Å². The van der Waals surface area contributed by atoms with E-state index >= 15 is 0 Å². The van der Waals surface area contributed by atoms with Gasteiger partial charge in [-0.1, -0.05) is 31.2 Å². The van der Waals surface area contributed by atoms with Crippen LogP contribution in [0.2, 0.25) is 0 Å². The molecule has 5 nitrogen and oxygen atoms in total. The monoisotopic (exact) mass is 335 g/mol. The Kier molecular flexibility index (Phi) is 4.14. The van der Waals surface area contributed by atoms with Gasteiger partial charge in [-0.05, 0) is 24.6 Å². The molecule has 5 heteroatoms. The Labute approximate surface area is 146 Å². The van der Waals surface area contributed by atoms with Gasteiger partial charge < -0.3 is 14.5 Å². The van der Waals surface area contributed by atoms with E-state index in [0.717, 1.165) is 34.8 Å². The van der Waals surface area contributed by atoms with E-state index in [2.05, 4.69) is 22.7 Å². The van der Waals surface area contributed by atoms with Crippen LogP contribution in [-0.2, 0) is 11.3 Å². The summed E-state index contributed by atoms with van der Waals surface area (Å²) in [5, 5.41) is 2.97. The summed E-state index contributed by atoms with van der Waals surface area (Å²) < 4.78 is 8.05. The van der Waals surface area contributed by atoms with Gasteiger partial charge in [0, 0.05) is 24.1 Å². The van der Waals surface area contributed by atoms with Gasteiger partial charge in [0.1, 0.15) is 11.4 Å². The zero-order chi connectivity index (χ0) is 17.2. The first-order valence-electron chi connectivity index (χ1n) is 8.72. The zero-order valence-corrected chi connectivity index (χ0v) is 14.2. The summed E-state index contributed by atoms with van der Waals surface area (Å²) in [7, 11) is 0. The van der Waals surface area contributed by atoms with Crippen molar-refractivity contribution in [3.8, 4) is 5.75 Å². The van der Waals surface area contributed by atoms with E-state index in [1.165, 1.54) is 0 Å². The van der Waals surface area contributed by atoms with Gasteiger partial charge in [-0.25, -0.2) is 4.98 Å². The molecule has 0 bridgehead atoms. The predicted octanol–water partition coefficient (Wildman–Crippen LogP) is 3.27. The molecule has 0 fully saturated rings. The molecule has 2 aromatic heterocycles. The van der Waals surface area contributed by atoms with Crippen LogP contribution in [0.15, 0.2) is 48.7 Å². The molecule has 4 rings (SSSR count). The molecule has 0 saturated heterocycles. The maximum absolute atomic E-state index is 12.3. The minimum Gasteiger partial charge on any atom is -0.493 e. The summed E-state index contributed by atoms with van der Waals surface area (Å²) in [4.78, 5) is 17.0. The van der Waals surface area contributed by atoms with E-state index in [1.807, 2.05) is 42.6 Å². The van der Waals surface area contributed by atoms with Gasteiger partial charge in [0.05, 0.1) is 24.5 Å². The smallest absolute Gasteiger partial charge is 0.221 e. The van der Waals surface area contributed by atoms with Crippen molar-refractivity contribution in [1.29, 1.82) is 0 Å². The molecular formula is C20H21N3O2. The fraction of sp³-hybridized carbons (Fsp3) is 0.300. The quantitative estimate of drug-likeness (QED) is 0.796. The lowest BCUT2D eigenvalue weighted by Gasteiger charge is -2.19. The highest BCUT2D eigenvalue weighted by atomic mass is 16.5. The number of amides is 1. The molecule has 0 aliphatic carbocycles. The van der Waals surface area contributed by atoms with Crippen molar-refractivity contribution in [3.05, 3.63) is 65.6 Å². The van der Waals surface area contributed by atoms with Gasteiger partial charge in [0.25, 0.3) is 0 Å². The molecule has 0 saturated carbocycles. The lowest BCUT2D eigenvalue weighted by atomic mass is 9.91. The van der Waals surface area contributed by atoms with Crippen LogP contribution < -0.4 is 10.1 Å². The number of benzene rings is 1. The number of carbonyl (C=O) groups is 1. The second kappa shape index (κ2) is 6.59. The summed E-state index contributed by atoms with van der Waals surface area (Å²) in [6.07, 6.45) is 3.35. The number of aromatic nitrogens is 2. The second-order valence-corrected chi connectivity index (χ2v) is 6.29. The van der Waals surface area contributed by atoms with Gasteiger partial charge in [-0.15, -0.1) is 0 Å². The molecule has 3 heterocycles. The van der Waals surface area contributed by atoms with Gasteiger partial charge in [-0.2, -0.15) is 0 Å². The molecule has 1 aliphatic rings. The number of para-hydroxylation sites is 1. The average Bonchev–Trinajstić information content (AvgIpc) is 2.93. The van der Waals surface area contributed by atoms with E-state index in [4.69, 9.17) is 9.72 Å². The van der Waals surface area contributed by atoms with Crippen LogP contribution in [0.4, 0.5) is 0 Å². The predicted molar refractivity (Wildman–Crippen MR) is 95.7 cm³/mol. The number of nitrogens with zero attached hydrogens (tertiary/aromatic N) is 2. The van der Waals surface area contributed by atoms with Crippen LogP contribution in [0.5, 0.6) is 5.75 Å². The second-order valence-electron chi connectivity index (χ2n) is 6.29. The van der Waals surface area contributed by atoms with Crippen molar-refractivity contribution in [2.45, 2.75) is 32.2 Å². The van der Waals surface area contributed by atoms with Crippen LogP contribution in [0, 0.1) is 0 Å². The third kappa shape index (κ3) is 2.86. The van der Waals surface area contributed by atoms with Crippen molar-refractivity contribution in [3.63, 3.8) is 0 Å². The number of nitrogens with one attached hydrogen (secondary N) is 1. The molecule has 25 heavy (non-hydrogen) atoms. The number of carbonyl (C=O) groups excluding carboxylic acids is 1. The van der Waals surface area contributed by atoms with Crippen molar-refractivity contribution in [1.82, 2.24) is 14.7 Å². The minimum atomic E-state index is -0.0806. The Morgan fingerprint density at radius 2 is 2.08 bits per heavy atom. The molecule has 1 amide bonds. The van der Waals surface area contributed by atoms with Gasteiger partial charge in [0.2, 0.25) is 5.91 Å². The highest BCUT2D eigenvalue weighted by molar-refractivity contribution is 5.78. The first-order valence-corrected chi connectivity index (χ1v) is 8.72. The third-order valence-corrected chi connectivity index (χ3v) is 4.57. The van der Waals surface area contributed by atoms with Crippen LogP contribution >= 0.6 is 0 Å². The highest BCUT2D eigenvalue weighted by Crippen LogP contribution is 2.37. The molecule has 128 valence electrons. The third-order valence-electron chi connectivity index (χ3n) is 4.57. The molecule has 0 radical (unpaired) electrons. The van der Waals surface area contributed by atoms with Gasteiger partial charge >= 0.3 is 0 Å². The van der Waals surface area contributed by atoms with E-state index in [9.17, 15) is 4.79 Å². The SMILES string of the molecule is CCCOc1ccccc1C1CC(=O)NCc2nc3ccccn3c21. The van der Waals surface area contributed by atoms with Gasteiger partial charge in [0.15, 0.2) is 0 Å². The molecule has 1 unspecified atom stereocenters. The Morgan fingerprint density at radius 1 is 1.24 bits per heavy atom. The maximum Gasteiger partial charge on any atom is 0.221 e. The van der Waals surface area contributed by atoms with Crippen molar-refractivity contribution in [2.24, 2.45) is 0 Å². The molecule has 1 aliphatic heterocycles. The molecule has 0 spiro atoms. The van der Waals surface area contributed by atoms with E-state index in [1.54, 1.807) is 0 Å². The topological polar surface area (TPSA) is 55.6 Å². The average molecular weight is 335 g/mol. The van der Waals surface area contributed by atoms with Crippen molar-refractivity contribution >= 4 is 11.6 Å². The first-order chi connectivity index (χ1) is 12.3. The Morgan fingerprint density at radius 3 is 2.96 bits per heavy atom. The lowest BCUT2D eigenvalue weighted by Crippen LogP contribution is -2.21. The maximum atomic E-state index is 12.3. The summed E-state index contributed by atoms with van der Waals surface area (Å²) in [5.41, 5.74) is 3.94. The minimum absolute atomic E-state index is 0.0398. The normalized spacial score (nSPS) is 17.0. The largest absolute Gasteiger partial charge is 0.493 e. The number of hydrogen-bond donors (Lipinski definition) is 1.